The minimum Gasteiger partial charge on any atom is -0.493 e. The van der Waals surface area contributed by atoms with Crippen LogP contribution in [0.5, 0.6) is 11.5 Å². The fourth-order valence-corrected chi connectivity index (χ4v) is 3.84. The number of rotatable bonds is 12. The molecule has 1 saturated carbocycles. The molecule has 0 amide bonds. The van der Waals surface area contributed by atoms with Crippen molar-refractivity contribution < 1.29 is 43.9 Å². The number of carboxylic acids is 1. The summed E-state index contributed by atoms with van der Waals surface area (Å²) in [6, 6.07) is 5.18. The van der Waals surface area contributed by atoms with Crippen molar-refractivity contribution >= 4 is 18.0 Å². The van der Waals surface area contributed by atoms with Crippen molar-refractivity contribution in [2.75, 3.05) is 13.7 Å². The Hall–Kier alpha value is -2.62. The van der Waals surface area contributed by atoms with Crippen LogP contribution < -0.4 is 9.47 Å². The number of carbonyl (C=O) groups is 2. The van der Waals surface area contributed by atoms with Gasteiger partial charge in [-0.25, -0.2) is 9.59 Å². The van der Waals surface area contributed by atoms with Crippen LogP contribution in [-0.2, 0) is 19.1 Å². The monoisotopic (exact) mass is 480 g/mol. The van der Waals surface area contributed by atoms with Gasteiger partial charge in [0.25, 0.3) is 0 Å². The summed E-state index contributed by atoms with van der Waals surface area (Å²) in [5.41, 5.74) is -1.52. The molecule has 1 aliphatic carbocycles. The Labute approximate surface area is 200 Å². The van der Waals surface area contributed by atoms with E-state index in [-0.39, 0.29) is 12.5 Å². The van der Waals surface area contributed by atoms with Crippen LogP contribution in [0.15, 0.2) is 24.3 Å². The van der Waals surface area contributed by atoms with E-state index in [1.54, 1.807) is 18.2 Å². The van der Waals surface area contributed by atoms with Crippen molar-refractivity contribution in [2.24, 2.45) is 0 Å². The van der Waals surface area contributed by atoms with Crippen LogP contribution in [0.3, 0.4) is 0 Å². The van der Waals surface area contributed by atoms with Gasteiger partial charge in [-0.2, -0.15) is 0 Å². The first-order valence-corrected chi connectivity index (χ1v) is 11.7. The van der Waals surface area contributed by atoms with Crippen LogP contribution in [0.1, 0.15) is 58.4 Å². The van der Waals surface area contributed by atoms with Crippen molar-refractivity contribution in [1.82, 2.24) is 0 Å². The zero-order chi connectivity index (χ0) is 25.3. The predicted octanol–water partition coefficient (Wildman–Crippen LogP) is 2.95. The van der Waals surface area contributed by atoms with Gasteiger partial charge in [0.05, 0.1) is 25.9 Å². The smallest absolute Gasteiger partial charge is 0.335 e. The molecule has 0 aliphatic heterocycles. The van der Waals surface area contributed by atoms with Gasteiger partial charge in [-0.05, 0) is 43.0 Å². The lowest BCUT2D eigenvalue weighted by molar-refractivity contribution is -0.209. The lowest BCUT2D eigenvalue weighted by Crippen LogP contribution is -2.58. The van der Waals surface area contributed by atoms with Gasteiger partial charge >= 0.3 is 11.9 Å². The second-order valence-electron chi connectivity index (χ2n) is 8.42. The summed E-state index contributed by atoms with van der Waals surface area (Å²) in [5.74, 6) is -1.14. The van der Waals surface area contributed by atoms with Gasteiger partial charge in [-0.3, -0.25) is 0 Å². The van der Waals surface area contributed by atoms with Crippen LogP contribution in [-0.4, -0.2) is 71.0 Å². The minimum atomic E-state index is -2.17. The third-order valence-electron chi connectivity index (χ3n) is 5.84. The van der Waals surface area contributed by atoms with Crippen molar-refractivity contribution in [1.29, 1.82) is 0 Å². The molecule has 9 heteroatoms. The van der Waals surface area contributed by atoms with Gasteiger partial charge in [0, 0.05) is 18.9 Å². The Balaban J connectivity index is 2.13. The first kappa shape index (κ1) is 27.6. The van der Waals surface area contributed by atoms with E-state index in [4.69, 9.17) is 18.9 Å². The summed E-state index contributed by atoms with van der Waals surface area (Å²) in [6.07, 6.45) is 0.383. The second-order valence-corrected chi connectivity index (χ2v) is 8.42. The first-order valence-electron chi connectivity index (χ1n) is 11.7. The van der Waals surface area contributed by atoms with E-state index in [2.05, 4.69) is 0 Å². The molecule has 9 nitrogen and oxygen atoms in total. The summed E-state index contributed by atoms with van der Waals surface area (Å²) >= 11 is 0. The van der Waals surface area contributed by atoms with Gasteiger partial charge in [0.15, 0.2) is 17.1 Å². The molecular weight excluding hydrogens is 444 g/mol. The summed E-state index contributed by atoms with van der Waals surface area (Å²) in [4.78, 5) is 24.2. The van der Waals surface area contributed by atoms with Gasteiger partial charge in [-0.15, -0.1) is 0 Å². The molecule has 190 valence electrons. The number of esters is 1. The van der Waals surface area contributed by atoms with Crippen molar-refractivity contribution in [3.05, 3.63) is 29.8 Å². The summed E-state index contributed by atoms with van der Waals surface area (Å²) in [7, 11) is 1.52. The molecule has 0 heterocycles. The third-order valence-corrected chi connectivity index (χ3v) is 5.84. The Morgan fingerprint density at radius 2 is 1.82 bits per heavy atom. The summed E-state index contributed by atoms with van der Waals surface area (Å²) in [6.45, 7) is 6.36. The van der Waals surface area contributed by atoms with Crippen LogP contribution in [0, 0.1) is 0 Å². The molecule has 1 fully saturated rings. The Morgan fingerprint density at radius 3 is 2.41 bits per heavy atom. The molecule has 0 aromatic heterocycles. The van der Waals surface area contributed by atoms with Gasteiger partial charge < -0.3 is 34.3 Å². The molecule has 34 heavy (non-hydrogen) atoms. The number of benzene rings is 1. The Kier molecular flexibility index (Phi) is 10.3. The standard InChI is InChI=1S/C25H36O9/c1-5-12-32-18-10-8-16(13-19(18)31-4)9-11-22(26)34-21-15-25(30,24(28)29)14-20(23(21)27)33-17(6-2)7-3/h8-11,13,17,20-21,23,27,30H,5-7,12,14-15H2,1-4H3,(H,28,29)/b11-9+/t20-,21-,23-,25+/m1/s1. The lowest BCUT2D eigenvalue weighted by atomic mass is 9.79. The van der Waals surface area contributed by atoms with E-state index in [0.29, 0.717) is 36.5 Å². The fourth-order valence-electron chi connectivity index (χ4n) is 3.84. The van der Waals surface area contributed by atoms with Gasteiger partial charge in [-0.1, -0.05) is 26.8 Å². The van der Waals surface area contributed by atoms with E-state index in [1.807, 2.05) is 20.8 Å². The number of ether oxygens (including phenoxy) is 4. The minimum absolute atomic E-state index is 0.216. The molecule has 0 bridgehead atoms. The molecule has 1 aliphatic rings. The van der Waals surface area contributed by atoms with E-state index in [1.165, 1.54) is 19.3 Å². The van der Waals surface area contributed by atoms with E-state index in [0.717, 1.165) is 6.42 Å². The molecule has 4 atom stereocenters. The van der Waals surface area contributed by atoms with Crippen LogP contribution in [0.4, 0.5) is 0 Å². The highest BCUT2D eigenvalue weighted by molar-refractivity contribution is 5.87. The average molecular weight is 481 g/mol. The molecule has 3 N–H and O–H groups in total. The average Bonchev–Trinajstić information content (AvgIpc) is 2.82. The zero-order valence-electron chi connectivity index (χ0n) is 20.2. The number of carbonyl (C=O) groups excluding carboxylic acids is 1. The highest BCUT2D eigenvalue weighted by Crippen LogP contribution is 2.34. The molecule has 0 radical (unpaired) electrons. The molecule has 1 aromatic rings. The number of aliphatic hydroxyl groups excluding tert-OH is 1. The summed E-state index contributed by atoms with van der Waals surface area (Å²) in [5, 5.41) is 30.8. The maximum absolute atomic E-state index is 12.5. The molecule has 2 rings (SSSR count). The molecule has 1 aromatic carbocycles. The molecule has 0 spiro atoms. The topological polar surface area (TPSA) is 132 Å². The highest BCUT2D eigenvalue weighted by Gasteiger charge is 2.51. The maximum Gasteiger partial charge on any atom is 0.335 e. The fraction of sp³-hybridized carbons (Fsp3) is 0.600. The number of hydrogen-bond acceptors (Lipinski definition) is 8. The number of aliphatic carboxylic acids is 1. The van der Waals surface area contributed by atoms with Gasteiger partial charge in [0.1, 0.15) is 12.2 Å². The van der Waals surface area contributed by atoms with Crippen molar-refractivity contribution in [3.63, 3.8) is 0 Å². The quantitative estimate of drug-likeness (QED) is 0.305. The largest absolute Gasteiger partial charge is 0.493 e. The highest BCUT2D eigenvalue weighted by atomic mass is 16.6. The predicted molar refractivity (Wildman–Crippen MR) is 125 cm³/mol. The summed E-state index contributed by atoms with van der Waals surface area (Å²) < 4.78 is 22.1. The lowest BCUT2D eigenvalue weighted by Gasteiger charge is -2.42. The van der Waals surface area contributed by atoms with Crippen molar-refractivity contribution in [3.8, 4) is 11.5 Å². The Morgan fingerprint density at radius 1 is 1.15 bits per heavy atom. The van der Waals surface area contributed by atoms with Crippen LogP contribution in [0.25, 0.3) is 6.08 Å². The van der Waals surface area contributed by atoms with E-state index in [9.17, 15) is 24.9 Å². The SMILES string of the molecule is CCCOc1ccc(/C=C/C(=O)O[C@@H]2C[C@](O)(C(=O)O)C[C@@H](OC(CC)CC)[C@H]2O)cc1OC. The number of methoxy groups -OCH3 is 1. The number of hydrogen-bond donors (Lipinski definition) is 3. The third kappa shape index (κ3) is 7.19. The van der Waals surface area contributed by atoms with Crippen LogP contribution in [0.2, 0.25) is 0 Å². The molecule has 0 unspecified atom stereocenters. The molecule has 0 saturated heterocycles. The zero-order valence-corrected chi connectivity index (χ0v) is 20.2. The van der Waals surface area contributed by atoms with E-state index < -0.39 is 42.3 Å². The molecular formula is C25H36O9. The number of aliphatic hydroxyl groups is 2. The Bertz CT molecular complexity index is 849. The second kappa shape index (κ2) is 12.7. The normalized spacial score (nSPS) is 24.9. The maximum atomic E-state index is 12.5. The van der Waals surface area contributed by atoms with Crippen LogP contribution >= 0.6 is 0 Å². The van der Waals surface area contributed by atoms with E-state index >= 15 is 0 Å². The number of carboxylic acid groups (broad SMARTS) is 1. The van der Waals surface area contributed by atoms with Crippen molar-refractivity contribution in [2.45, 2.75) is 82.9 Å². The first-order chi connectivity index (χ1) is 16.2. The van der Waals surface area contributed by atoms with Gasteiger partial charge in [0.2, 0.25) is 0 Å².